The molecule has 4 atom stereocenters. The zero-order valence-corrected chi connectivity index (χ0v) is 13.3. The number of carboxylic acids is 1. The van der Waals surface area contributed by atoms with Crippen LogP contribution in [0.2, 0.25) is 0 Å². The van der Waals surface area contributed by atoms with E-state index >= 15 is 0 Å². The Morgan fingerprint density at radius 1 is 1.52 bits per heavy atom. The van der Waals surface area contributed by atoms with E-state index in [0.29, 0.717) is 6.42 Å². The smallest absolute Gasteiger partial charge is 0.314 e. The molecule has 2 aliphatic heterocycles. The maximum atomic E-state index is 12.5. The van der Waals surface area contributed by atoms with Gasteiger partial charge in [0.15, 0.2) is 16.8 Å². The first-order chi connectivity index (χ1) is 10.9. The van der Waals surface area contributed by atoms with Crippen molar-refractivity contribution in [1.82, 2.24) is 4.90 Å². The lowest BCUT2D eigenvalue weighted by Gasteiger charge is -2.50. The molecule has 10 heteroatoms. The van der Waals surface area contributed by atoms with Gasteiger partial charge in [-0.3, -0.25) is 14.4 Å². The number of β-lactam (4-membered cyclic amide) rings is 1. The molecule has 0 radical (unpaired) electrons. The first-order valence-corrected chi connectivity index (χ1v) is 8.90. The van der Waals surface area contributed by atoms with Gasteiger partial charge in [-0.15, -0.1) is 11.8 Å². The summed E-state index contributed by atoms with van der Waals surface area (Å²) in [5.41, 5.74) is -1.83. The first-order valence-electron chi connectivity index (χ1n) is 6.68. The van der Waals surface area contributed by atoms with Crippen molar-refractivity contribution < 1.29 is 32.7 Å². The Bertz CT molecular complexity index is 689. The van der Waals surface area contributed by atoms with Gasteiger partial charge in [0.2, 0.25) is 11.7 Å². The largest absolute Gasteiger partial charge is 0.481 e. The second-order valence-corrected chi connectivity index (χ2v) is 7.64. The minimum atomic E-state index is -2.73. The van der Waals surface area contributed by atoms with E-state index in [1.54, 1.807) is 0 Å². The molecule has 0 saturated carbocycles. The number of furan rings is 1. The maximum absolute atomic E-state index is 12.5. The number of hydrogen-bond acceptors (Lipinski definition) is 6. The van der Waals surface area contributed by atoms with E-state index < -0.39 is 33.5 Å². The minimum Gasteiger partial charge on any atom is -0.481 e. The third kappa shape index (κ3) is 2.50. The molecule has 2 fully saturated rings. The molecule has 23 heavy (non-hydrogen) atoms. The molecule has 2 saturated heterocycles. The third-order valence-corrected chi connectivity index (χ3v) is 6.69. The Balaban J connectivity index is 2.00. The number of nitrogens with zero attached hydrogens (tertiary/aromatic N) is 1. The highest BCUT2D eigenvalue weighted by atomic mass is 32.2. The van der Waals surface area contributed by atoms with Gasteiger partial charge in [0.05, 0.1) is 18.1 Å². The quantitative estimate of drug-likeness (QED) is 0.440. The van der Waals surface area contributed by atoms with Crippen molar-refractivity contribution in [3.8, 4) is 0 Å². The second kappa shape index (κ2) is 5.77. The van der Waals surface area contributed by atoms with Gasteiger partial charge in [0, 0.05) is 12.3 Å². The molecule has 0 aromatic carbocycles. The number of carbonyl (C=O) groups excluding carboxylic acids is 2. The van der Waals surface area contributed by atoms with Gasteiger partial charge in [0.1, 0.15) is 10.7 Å². The Hall–Kier alpha value is -1.65. The highest BCUT2D eigenvalue weighted by Gasteiger charge is 2.59. The van der Waals surface area contributed by atoms with Crippen LogP contribution in [-0.2, 0) is 20.7 Å². The molecule has 2 N–H and O–H groups in total. The molecular formula is C13H13NO7S2. The molecule has 1 aromatic heterocycles. The van der Waals surface area contributed by atoms with Gasteiger partial charge in [-0.25, -0.2) is 4.21 Å². The van der Waals surface area contributed by atoms with E-state index in [1.165, 1.54) is 35.1 Å². The average molecular weight is 359 g/mol. The molecule has 3 unspecified atom stereocenters. The Morgan fingerprint density at radius 3 is 2.78 bits per heavy atom. The molecule has 1 aromatic rings. The van der Waals surface area contributed by atoms with Gasteiger partial charge >= 0.3 is 5.97 Å². The predicted octanol–water partition coefficient (Wildman–Crippen LogP) is 0.429. The molecule has 2 aliphatic rings. The van der Waals surface area contributed by atoms with Gasteiger partial charge in [0.25, 0.3) is 0 Å². The van der Waals surface area contributed by atoms with Crippen LogP contribution in [0.5, 0.6) is 0 Å². The van der Waals surface area contributed by atoms with Crippen molar-refractivity contribution in [3.63, 3.8) is 0 Å². The van der Waals surface area contributed by atoms with Crippen LogP contribution in [0.1, 0.15) is 17.0 Å². The number of carboxylic acid groups (broad SMARTS) is 1. The van der Waals surface area contributed by atoms with E-state index in [9.17, 15) is 28.3 Å². The summed E-state index contributed by atoms with van der Waals surface area (Å²) < 4.78 is 26.4. The Morgan fingerprint density at radius 2 is 2.26 bits per heavy atom. The maximum Gasteiger partial charge on any atom is 0.314 e. The number of hydrogen-bond donors (Lipinski definition) is 2. The molecule has 1 amide bonds. The van der Waals surface area contributed by atoms with Gasteiger partial charge in [-0.05, 0) is 12.1 Å². The van der Waals surface area contributed by atoms with Gasteiger partial charge in [-0.1, -0.05) is 0 Å². The van der Waals surface area contributed by atoms with Gasteiger partial charge < -0.3 is 19.0 Å². The molecule has 124 valence electrons. The zero-order chi connectivity index (χ0) is 16.8. The van der Waals surface area contributed by atoms with Crippen LogP contribution in [0, 0.1) is 5.41 Å². The van der Waals surface area contributed by atoms with Crippen LogP contribution in [0.4, 0.5) is 0 Å². The number of Topliss-reactive ketones (excluding diaryl/α,β-unsaturated/α-hetero) is 1. The normalized spacial score (nSPS) is 29.3. The van der Waals surface area contributed by atoms with Gasteiger partial charge in [-0.2, -0.15) is 0 Å². The van der Waals surface area contributed by atoms with Crippen molar-refractivity contribution in [2.24, 2.45) is 5.41 Å². The summed E-state index contributed by atoms with van der Waals surface area (Å²) in [7, 11) is 0. The molecule has 0 bridgehead atoms. The summed E-state index contributed by atoms with van der Waals surface area (Å²) in [6.07, 6.45) is 1.54. The van der Waals surface area contributed by atoms with Crippen molar-refractivity contribution >= 4 is 40.5 Å². The number of amides is 1. The number of aliphatic carboxylic acids is 1. The molecule has 8 nitrogen and oxygen atoms in total. The Labute approximate surface area is 137 Å². The third-order valence-electron chi connectivity index (χ3n) is 4.13. The number of thioether (sulfide) groups is 1. The van der Waals surface area contributed by atoms with Crippen LogP contribution >= 0.6 is 11.8 Å². The topological polar surface area (TPSA) is 125 Å². The van der Waals surface area contributed by atoms with Crippen LogP contribution in [0.15, 0.2) is 22.8 Å². The first kappa shape index (κ1) is 16.2. The van der Waals surface area contributed by atoms with E-state index in [-0.39, 0.29) is 29.3 Å². The average Bonchev–Trinajstić information content (AvgIpc) is 3.01. The van der Waals surface area contributed by atoms with Crippen molar-refractivity contribution in [2.75, 3.05) is 12.3 Å². The van der Waals surface area contributed by atoms with Crippen LogP contribution in [0.25, 0.3) is 0 Å². The van der Waals surface area contributed by atoms with E-state index in [1.807, 2.05) is 0 Å². The van der Waals surface area contributed by atoms with Crippen molar-refractivity contribution in [3.05, 3.63) is 24.2 Å². The summed E-state index contributed by atoms with van der Waals surface area (Å²) in [4.78, 5) is 37.4. The molecule has 0 spiro atoms. The van der Waals surface area contributed by atoms with E-state index in [4.69, 9.17) is 4.42 Å². The number of rotatable bonds is 5. The van der Waals surface area contributed by atoms with Crippen LogP contribution < -0.4 is 0 Å². The van der Waals surface area contributed by atoms with E-state index in [2.05, 4.69) is 0 Å². The summed E-state index contributed by atoms with van der Waals surface area (Å²) in [6.45, 7) is -0.262. The monoisotopic (exact) mass is 359 g/mol. The lowest BCUT2D eigenvalue weighted by molar-refractivity contribution is -0.154. The second-order valence-electron chi connectivity index (χ2n) is 5.45. The SMILES string of the molecule is O=C(c1ccco1)C(S(=O)O)C1(C(=O)O)CS[C@@H]2CC(=O)N2C1. The fourth-order valence-electron chi connectivity index (χ4n) is 2.84. The zero-order valence-electron chi connectivity index (χ0n) is 11.7. The summed E-state index contributed by atoms with van der Waals surface area (Å²) in [6, 6.07) is 2.74. The number of fused-ring (bicyclic) bond motifs is 1. The highest BCUT2D eigenvalue weighted by Crippen LogP contribution is 2.45. The van der Waals surface area contributed by atoms with Crippen LogP contribution in [-0.4, -0.2) is 59.3 Å². The standard InChI is InChI=1S/C13H13NO7S2/c15-8-4-9-14(8)5-13(6-22-9,12(17)18)11(23(19)20)10(16)7-2-1-3-21-7/h1-3,9,11H,4-6H2,(H,17,18)(H,19,20)/t9-,11?,13?/m1/s1. The summed E-state index contributed by atoms with van der Waals surface area (Å²) >= 11 is -1.52. The minimum absolute atomic E-state index is 0.0276. The molecule has 3 rings (SSSR count). The Kier molecular flexibility index (Phi) is 4.07. The number of carbonyl (C=O) groups is 3. The fourth-order valence-corrected chi connectivity index (χ4v) is 5.40. The van der Waals surface area contributed by atoms with Crippen molar-refractivity contribution in [1.29, 1.82) is 0 Å². The lowest BCUT2D eigenvalue weighted by atomic mass is 9.81. The molecule has 3 heterocycles. The van der Waals surface area contributed by atoms with E-state index in [0.717, 1.165) is 0 Å². The highest BCUT2D eigenvalue weighted by molar-refractivity contribution is 8.00. The summed E-state index contributed by atoms with van der Waals surface area (Å²) in [5.74, 6) is -2.67. The summed E-state index contributed by atoms with van der Waals surface area (Å²) in [5, 5.41) is 7.85. The molecular weight excluding hydrogens is 346 g/mol. The fraction of sp³-hybridized carbons (Fsp3) is 0.462. The van der Waals surface area contributed by atoms with Crippen LogP contribution in [0.3, 0.4) is 0 Å². The predicted molar refractivity (Wildman–Crippen MR) is 80.2 cm³/mol. The molecule has 0 aliphatic carbocycles. The number of ketones is 1. The lowest BCUT2D eigenvalue weighted by Crippen LogP contribution is -2.66. The van der Waals surface area contributed by atoms with Crippen molar-refractivity contribution in [2.45, 2.75) is 17.0 Å².